The maximum absolute atomic E-state index is 7.52. The van der Waals surface area contributed by atoms with Crippen LogP contribution in [-0.2, 0) is 6.42 Å². The molecule has 0 unspecified atom stereocenters. The number of nitrogens with one attached hydrogen (secondary N) is 1. The van der Waals surface area contributed by atoms with Crippen molar-refractivity contribution in [2.24, 2.45) is 0 Å². The van der Waals surface area contributed by atoms with E-state index in [1.807, 2.05) is 6.92 Å². The number of hydrogen-bond donors (Lipinski definition) is 1. The molecule has 0 bridgehead atoms. The fourth-order valence-electron chi connectivity index (χ4n) is 1.85. The molecule has 0 amide bonds. The van der Waals surface area contributed by atoms with E-state index in [9.17, 15) is 0 Å². The summed E-state index contributed by atoms with van der Waals surface area (Å²) in [5.74, 6) is 0. The Balaban J connectivity index is 2.29. The standard InChI is InChI=1S/C15H23N/c1-3-4-5-6-7-8-14-9-11-15(12-10-14)13(2)16/h9-12,16H,3-8H2,1-2H3. The lowest BCUT2D eigenvalue weighted by molar-refractivity contribution is 0.632. The van der Waals surface area contributed by atoms with Crippen LogP contribution in [0.15, 0.2) is 24.3 Å². The maximum atomic E-state index is 7.52. The van der Waals surface area contributed by atoms with Crippen LogP contribution in [0.2, 0.25) is 0 Å². The van der Waals surface area contributed by atoms with Gasteiger partial charge in [-0.3, -0.25) is 0 Å². The normalized spacial score (nSPS) is 10.4. The summed E-state index contributed by atoms with van der Waals surface area (Å²) in [4.78, 5) is 0. The number of hydrogen-bond acceptors (Lipinski definition) is 1. The predicted molar refractivity (Wildman–Crippen MR) is 71.4 cm³/mol. The Labute approximate surface area is 99.4 Å². The van der Waals surface area contributed by atoms with E-state index >= 15 is 0 Å². The van der Waals surface area contributed by atoms with Gasteiger partial charge in [0.05, 0.1) is 0 Å². The summed E-state index contributed by atoms with van der Waals surface area (Å²) in [5, 5.41) is 7.52. The van der Waals surface area contributed by atoms with Crippen molar-refractivity contribution in [2.45, 2.75) is 52.4 Å². The lowest BCUT2D eigenvalue weighted by Crippen LogP contribution is -1.92. The summed E-state index contributed by atoms with van der Waals surface area (Å²) in [7, 11) is 0. The van der Waals surface area contributed by atoms with Crippen LogP contribution in [0.25, 0.3) is 0 Å². The van der Waals surface area contributed by atoms with Crippen LogP contribution >= 0.6 is 0 Å². The van der Waals surface area contributed by atoms with Crippen molar-refractivity contribution in [3.8, 4) is 0 Å². The summed E-state index contributed by atoms with van der Waals surface area (Å²) in [6.07, 6.45) is 7.87. The molecule has 0 spiro atoms. The third-order valence-electron chi connectivity index (χ3n) is 2.96. The molecule has 1 nitrogen and oxygen atoms in total. The molecule has 88 valence electrons. The Hall–Kier alpha value is -1.11. The second-order valence-corrected chi connectivity index (χ2v) is 4.49. The number of aryl methyl sites for hydroxylation is 1. The van der Waals surface area contributed by atoms with E-state index < -0.39 is 0 Å². The third kappa shape index (κ3) is 4.61. The fourth-order valence-corrected chi connectivity index (χ4v) is 1.85. The first-order chi connectivity index (χ1) is 7.74. The van der Waals surface area contributed by atoms with E-state index in [1.54, 1.807) is 0 Å². The zero-order chi connectivity index (χ0) is 11.8. The van der Waals surface area contributed by atoms with Gasteiger partial charge in [0.15, 0.2) is 0 Å². The largest absolute Gasteiger partial charge is 0.305 e. The van der Waals surface area contributed by atoms with Crippen LogP contribution < -0.4 is 0 Å². The van der Waals surface area contributed by atoms with E-state index in [1.165, 1.54) is 44.1 Å². The Bertz CT molecular complexity index is 311. The van der Waals surface area contributed by atoms with Gasteiger partial charge in [-0.2, -0.15) is 0 Å². The number of benzene rings is 1. The van der Waals surface area contributed by atoms with Gasteiger partial charge in [0.25, 0.3) is 0 Å². The van der Waals surface area contributed by atoms with Gasteiger partial charge >= 0.3 is 0 Å². The molecule has 1 N–H and O–H groups in total. The van der Waals surface area contributed by atoms with Crippen LogP contribution in [0, 0.1) is 5.41 Å². The van der Waals surface area contributed by atoms with Crippen molar-refractivity contribution in [1.29, 1.82) is 5.41 Å². The Morgan fingerprint density at radius 3 is 2.19 bits per heavy atom. The molecular weight excluding hydrogens is 194 g/mol. The van der Waals surface area contributed by atoms with Crippen molar-refractivity contribution < 1.29 is 0 Å². The molecule has 1 aromatic carbocycles. The molecule has 0 radical (unpaired) electrons. The predicted octanol–water partition coefficient (Wildman–Crippen LogP) is 4.59. The molecule has 0 atom stereocenters. The molecule has 0 heterocycles. The lowest BCUT2D eigenvalue weighted by atomic mass is 10.0. The summed E-state index contributed by atoms with van der Waals surface area (Å²) in [6, 6.07) is 8.44. The van der Waals surface area contributed by atoms with Crippen molar-refractivity contribution in [1.82, 2.24) is 0 Å². The van der Waals surface area contributed by atoms with Crippen LogP contribution in [0.1, 0.15) is 57.1 Å². The molecule has 0 saturated carbocycles. The highest BCUT2D eigenvalue weighted by molar-refractivity contribution is 5.96. The van der Waals surface area contributed by atoms with Gasteiger partial charge in [-0.25, -0.2) is 0 Å². The molecule has 16 heavy (non-hydrogen) atoms. The lowest BCUT2D eigenvalue weighted by Gasteiger charge is -2.03. The second-order valence-electron chi connectivity index (χ2n) is 4.49. The summed E-state index contributed by atoms with van der Waals surface area (Å²) in [5.41, 5.74) is 3.09. The van der Waals surface area contributed by atoms with Gasteiger partial charge in [0.2, 0.25) is 0 Å². The Kier molecular flexibility index (Phi) is 5.84. The van der Waals surface area contributed by atoms with Crippen LogP contribution in [0.5, 0.6) is 0 Å². The SMILES string of the molecule is CCCCCCCc1ccc(C(C)=N)cc1. The first-order valence-electron chi connectivity index (χ1n) is 6.38. The quantitative estimate of drug-likeness (QED) is 0.510. The summed E-state index contributed by atoms with van der Waals surface area (Å²) >= 11 is 0. The minimum Gasteiger partial charge on any atom is -0.305 e. The number of unbranched alkanes of at least 4 members (excludes halogenated alkanes) is 4. The average Bonchev–Trinajstić information content (AvgIpc) is 2.29. The van der Waals surface area contributed by atoms with E-state index in [2.05, 4.69) is 31.2 Å². The minimum atomic E-state index is 0.648. The number of rotatable bonds is 7. The first-order valence-corrected chi connectivity index (χ1v) is 6.38. The zero-order valence-corrected chi connectivity index (χ0v) is 10.6. The van der Waals surface area contributed by atoms with Crippen LogP contribution in [-0.4, -0.2) is 5.71 Å². The average molecular weight is 217 g/mol. The molecular formula is C15H23N. The minimum absolute atomic E-state index is 0.648. The molecule has 1 heteroatoms. The zero-order valence-electron chi connectivity index (χ0n) is 10.6. The van der Waals surface area contributed by atoms with Crippen molar-refractivity contribution in [2.75, 3.05) is 0 Å². The molecule has 1 rings (SSSR count). The molecule has 0 saturated heterocycles. The van der Waals surface area contributed by atoms with Crippen LogP contribution in [0.4, 0.5) is 0 Å². The second kappa shape index (κ2) is 7.21. The fraction of sp³-hybridized carbons (Fsp3) is 0.533. The van der Waals surface area contributed by atoms with E-state index in [4.69, 9.17) is 5.41 Å². The van der Waals surface area contributed by atoms with Crippen molar-refractivity contribution in [3.63, 3.8) is 0 Å². The van der Waals surface area contributed by atoms with Gasteiger partial charge in [-0.15, -0.1) is 0 Å². The highest BCUT2D eigenvalue weighted by atomic mass is 14.4. The van der Waals surface area contributed by atoms with E-state index in [0.29, 0.717) is 5.71 Å². The molecule has 0 aromatic heterocycles. The smallest absolute Gasteiger partial charge is 0.0355 e. The Morgan fingerprint density at radius 2 is 1.62 bits per heavy atom. The van der Waals surface area contributed by atoms with Gasteiger partial charge in [-0.1, -0.05) is 56.9 Å². The van der Waals surface area contributed by atoms with Gasteiger partial charge in [-0.05, 0) is 30.9 Å². The first kappa shape index (κ1) is 13.0. The summed E-state index contributed by atoms with van der Waals surface area (Å²) in [6.45, 7) is 4.08. The van der Waals surface area contributed by atoms with Crippen molar-refractivity contribution >= 4 is 5.71 Å². The third-order valence-corrected chi connectivity index (χ3v) is 2.96. The molecule has 0 aliphatic heterocycles. The molecule has 0 fully saturated rings. The Morgan fingerprint density at radius 1 is 1.00 bits per heavy atom. The molecule has 0 aliphatic carbocycles. The van der Waals surface area contributed by atoms with E-state index in [-0.39, 0.29) is 0 Å². The van der Waals surface area contributed by atoms with Gasteiger partial charge in [0.1, 0.15) is 0 Å². The highest BCUT2D eigenvalue weighted by Gasteiger charge is 1.96. The van der Waals surface area contributed by atoms with Gasteiger partial charge < -0.3 is 5.41 Å². The monoisotopic (exact) mass is 217 g/mol. The van der Waals surface area contributed by atoms with E-state index in [0.717, 1.165) is 5.56 Å². The van der Waals surface area contributed by atoms with Gasteiger partial charge in [0, 0.05) is 5.71 Å². The summed E-state index contributed by atoms with van der Waals surface area (Å²) < 4.78 is 0. The topological polar surface area (TPSA) is 23.9 Å². The maximum Gasteiger partial charge on any atom is 0.0355 e. The van der Waals surface area contributed by atoms with Crippen LogP contribution in [0.3, 0.4) is 0 Å². The molecule has 0 aliphatic rings. The van der Waals surface area contributed by atoms with Crippen molar-refractivity contribution in [3.05, 3.63) is 35.4 Å². The molecule has 1 aromatic rings. The highest BCUT2D eigenvalue weighted by Crippen LogP contribution is 2.10.